The van der Waals surface area contributed by atoms with Gasteiger partial charge in [0, 0.05) is 44.8 Å². The maximum Gasteiger partial charge on any atom is 0.226 e. The van der Waals surface area contributed by atoms with Crippen LogP contribution in [0, 0.1) is 5.92 Å². The Balaban J connectivity index is 1.25. The van der Waals surface area contributed by atoms with Crippen LogP contribution >= 0.6 is 0 Å². The summed E-state index contributed by atoms with van der Waals surface area (Å²) < 4.78 is 5.45. The molecule has 27 heavy (non-hydrogen) atoms. The van der Waals surface area contributed by atoms with Crippen molar-refractivity contribution in [2.75, 3.05) is 39.3 Å². The highest BCUT2D eigenvalue weighted by molar-refractivity contribution is 5.79. The van der Waals surface area contributed by atoms with E-state index in [0.717, 1.165) is 70.1 Å². The van der Waals surface area contributed by atoms with E-state index in [4.69, 9.17) is 4.52 Å². The van der Waals surface area contributed by atoms with Crippen LogP contribution in [-0.2, 0) is 17.8 Å². The largest absolute Gasteiger partial charge is 0.360 e. The first-order valence-electron chi connectivity index (χ1n) is 10.9. The molecule has 0 spiro atoms. The zero-order valence-corrected chi connectivity index (χ0v) is 16.7. The van der Waals surface area contributed by atoms with Crippen LogP contribution in [0.5, 0.6) is 0 Å². The number of hydrogen-bond acceptors (Lipinski definition) is 5. The van der Waals surface area contributed by atoms with Gasteiger partial charge in [0.25, 0.3) is 0 Å². The van der Waals surface area contributed by atoms with Gasteiger partial charge in [0.05, 0.1) is 18.2 Å². The van der Waals surface area contributed by atoms with Gasteiger partial charge in [-0.1, -0.05) is 12.1 Å². The molecule has 1 amide bonds. The number of likely N-dealkylation sites (tertiary alicyclic amines) is 3. The van der Waals surface area contributed by atoms with E-state index in [1.54, 1.807) is 0 Å². The highest BCUT2D eigenvalue weighted by Gasteiger charge is 2.34. The van der Waals surface area contributed by atoms with E-state index < -0.39 is 0 Å². The van der Waals surface area contributed by atoms with Crippen LogP contribution in [0.3, 0.4) is 0 Å². The van der Waals surface area contributed by atoms with Crippen LogP contribution in [0.2, 0.25) is 0 Å². The van der Waals surface area contributed by atoms with E-state index >= 15 is 0 Å². The third kappa shape index (κ3) is 4.54. The summed E-state index contributed by atoms with van der Waals surface area (Å²) in [7, 11) is 0. The van der Waals surface area contributed by atoms with Gasteiger partial charge in [-0.05, 0) is 51.5 Å². The third-order valence-corrected chi connectivity index (χ3v) is 6.64. The predicted octanol–water partition coefficient (Wildman–Crippen LogP) is 2.54. The Hall–Kier alpha value is -1.40. The lowest BCUT2D eigenvalue weighted by Gasteiger charge is -2.42. The molecule has 3 aliphatic rings. The third-order valence-electron chi connectivity index (χ3n) is 6.64. The lowest BCUT2D eigenvalue weighted by atomic mass is 9.93. The fraction of sp³-hybridized carbons (Fsp3) is 0.810. The van der Waals surface area contributed by atoms with Crippen LogP contribution in [0.25, 0.3) is 0 Å². The van der Waals surface area contributed by atoms with Crippen molar-refractivity contribution in [1.82, 2.24) is 19.9 Å². The minimum Gasteiger partial charge on any atom is -0.360 e. The maximum atomic E-state index is 12.8. The Morgan fingerprint density at radius 2 is 1.89 bits per heavy atom. The van der Waals surface area contributed by atoms with Crippen molar-refractivity contribution in [2.45, 2.75) is 64.5 Å². The highest BCUT2D eigenvalue weighted by Crippen LogP contribution is 2.26. The molecule has 1 aromatic heterocycles. The van der Waals surface area contributed by atoms with Gasteiger partial charge in [-0.2, -0.15) is 0 Å². The van der Waals surface area contributed by atoms with Gasteiger partial charge in [0.1, 0.15) is 0 Å². The van der Waals surface area contributed by atoms with Gasteiger partial charge in [0.2, 0.25) is 5.91 Å². The molecular formula is C21H34N4O2. The summed E-state index contributed by atoms with van der Waals surface area (Å²) in [6.07, 6.45) is 7.94. The second-order valence-electron chi connectivity index (χ2n) is 8.51. The maximum absolute atomic E-state index is 12.8. The Morgan fingerprint density at radius 3 is 2.59 bits per heavy atom. The van der Waals surface area contributed by atoms with Crippen molar-refractivity contribution < 1.29 is 9.32 Å². The Kier molecular flexibility index (Phi) is 6.13. The lowest BCUT2D eigenvalue weighted by molar-refractivity contribution is -0.136. The summed E-state index contributed by atoms with van der Waals surface area (Å²) in [5.41, 5.74) is 1.04. The number of carbonyl (C=O) groups is 1. The minimum atomic E-state index is 0.233. The average Bonchev–Trinajstić information content (AvgIpc) is 3.40. The molecule has 0 saturated carbocycles. The van der Waals surface area contributed by atoms with Crippen molar-refractivity contribution in [3.8, 4) is 0 Å². The van der Waals surface area contributed by atoms with Crippen LogP contribution in [0.1, 0.15) is 56.9 Å². The lowest BCUT2D eigenvalue weighted by Crippen LogP contribution is -2.50. The Bertz CT molecular complexity index is 617. The van der Waals surface area contributed by atoms with Gasteiger partial charge in [-0.3, -0.25) is 14.6 Å². The van der Waals surface area contributed by atoms with E-state index in [1.807, 2.05) is 0 Å². The van der Waals surface area contributed by atoms with Crippen molar-refractivity contribution in [2.24, 2.45) is 5.92 Å². The molecule has 0 aliphatic carbocycles. The molecule has 150 valence electrons. The quantitative estimate of drug-likeness (QED) is 0.793. The summed E-state index contributed by atoms with van der Waals surface area (Å²) >= 11 is 0. The van der Waals surface area contributed by atoms with Gasteiger partial charge in [0.15, 0.2) is 5.76 Å². The Labute approximate surface area is 162 Å². The van der Waals surface area contributed by atoms with Crippen LogP contribution < -0.4 is 0 Å². The normalized spacial score (nSPS) is 26.0. The van der Waals surface area contributed by atoms with Gasteiger partial charge >= 0.3 is 0 Å². The molecule has 1 unspecified atom stereocenters. The number of carbonyl (C=O) groups excluding carboxylic acids is 1. The summed E-state index contributed by atoms with van der Waals surface area (Å²) in [6, 6.07) is 2.72. The number of nitrogens with zero attached hydrogens (tertiary/aromatic N) is 4. The van der Waals surface area contributed by atoms with E-state index in [-0.39, 0.29) is 5.92 Å². The smallest absolute Gasteiger partial charge is 0.226 e. The molecular weight excluding hydrogens is 340 g/mol. The standard InChI is InChI=1S/C21H34N4O2/c1-2-18-14-20(27-22-18)16-23-12-7-19(8-13-23)25-11-5-6-17(15-25)21(26)24-9-3-4-10-24/h14,17,19H,2-13,15-16H2,1H3. The molecule has 3 aliphatic heterocycles. The van der Waals surface area contributed by atoms with Crippen LogP contribution in [-0.4, -0.2) is 71.1 Å². The number of hydrogen-bond donors (Lipinski definition) is 0. The van der Waals surface area contributed by atoms with E-state index in [0.29, 0.717) is 11.9 Å². The van der Waals surface area contributed by atoms with Gasteiger partial charge in [-0.25, -0.2) is 0 Å². The molecule has 4 rings (SSSR count). The molecule has 3 saturated heterocycles. The number of amides is 1. The topological polar surface area (TPSA) is 52.8 Å². The van der Waals surface area contributed by atoms with E-state index in [9.17, 15) is 4.79 Å². The first-order valence-corrected chi connectivity index (χ1v) is 10.9. The summed E-state index contributed by atoms with van der Waals surface area (Å²) in [4.78, 5) is 20.0. The van der Waals surface area contributed by atoms with Crippen molar-refractivity contribution >= 4 is 5.91 Å². The van der Waals surface area contributed by atoms with E-state index in [1.165, 1.54) is 32.1 Å². The second kappa shape index (κ2) is 8.74. The zero-order chi connectivity index (χ0) is 18.6. The number of aromatic nitrogens is 1. The SMILES string of the molecule is CCc1cc(CN2CCC(N3CCCC(C(=O)N4CCCC4)C3)CC2)on1. The second-order valence-corrected chi connectivity index (χ2v) is 8.51. The number of rotatable bonds is 5. The predicted molar refractivity (Wildman–Crippen MR) is 104 cm³/mol. The molecule has 0 aromatic carbocycles. The molecule has 6 nitrogen and oxygen atoms in total. The molecule has 1 aromatic rings. The summed E-state index contributed by atoms with van der Waals surface area (Å²) in [6.45, 7) is 9.29. The molecule has 0 bridgehead atoms. The molecule has 0 radical (unpaired) electrons. The monoisotopic (exact) mass is 374 g/mol. The van der Waals surface area contributed by atoms with Crippen molar-refractivity contribution in [3.05, 3.63) is 17.5 Å². The summed E-state index contributed by atoms with van der Waals surface area (Å²) in [5.74, 6) is 1.64. The van der Waals surface area contributed by atoms with E-state index in [2.05, 4.69) is 32.8 Å². The Morgan fingerprint density at radius 1 is 1.11 bits per heavy atom. The fourth-order valence-corrected chi connectivity index (χ4v) is 5.00. The van der Waals surface area contributed by atoms with Crippen LogP contribution in [0.4, 0.5) is 0 Å². The molecule has 3 fully saturated rings. The van der Waals surface area contributed by atoms with Gasteiger partial charge < -0.3 is 9.42 Å². The highest BCUT2D eigenvalue weighted by atomic mass is 16.5. The zero-order valence-electron chi connectivity index (χ0n) is 16.7. The van der Waals surface area contributed by atoms with Crippen molar-refractivity contribution in [1.29, 1.82) is 0 Å². The number of aryl methyl sites for hydroxylation is 1. The summed E-state index contributed by atoms with van der Waals surface area (Å²) in [5, 5.41) is 4.10. The number of piperidine rings is 2. The first kappa shape index (κ1) is 18.9. The fourth-order valence-electron chi connectivity index (χ4n) is 5.00. The molecule has 4 heterocycles. The first-order chi connectivity index (χ1) is 13.2. The van der Waals surface area contributed by atoms with Crippen LogP contribution in [0.15, 0.2) is 10.6 Å². The molecule has 6 heteroatoms. The minimum absolute atomic E-state index is 0.233. The van der Waals surface area contributed by atoms with Crippen molar-refractivity contribution in [3.63, 3.8) is 0 Å². The van der Waals surface area contributed by atoms with Gasteiger partial charge in [-0.15, -0.1) is 0 Å². The average molecular weight is 375 g/mol. The molecule has 1 atom stereocenters. The molecule has 0 N–H and O–H groups in total.